The van der Waals surface area contributed by atoms with Gasteiger partial charge in [0.15, 0.2) is 5.69 Å². The first-order chi connectivity index (χ1) is 17.4. The van der Waals surface area contributed by atoms with Gasteiger partial charge in [0.05, 0.1) is 17.4 Å². The van der Waals surface area contributed by atoms with E-state index in [0.717, 1.165) is 12.8 Å². The molecule has 2 N–H and O–H groups in total. The Morgan fingerprint density at radius 1 is 1.14 bits per heavy atom. The van der Waals surface area contributed by atoms with Crippen LogP contribution in [0.25, 0.3) is 11.4 Å². The van der Waals surface area contributed by atoms with E-state index in [9.17, 15) is 18.4 Å². The normalized spacial score (nSPS) is 17.2. The second-order valence-electron chi connectivity index (χ2n) is 8.90. The van der Waals surface area contributed by atoms with E-state index in [0.29, 0.717) is 43.6 Å². The third-order valence-corrected chi connectivity index (χ3v) is 6.69. The van der Waals surface area contributed by atoms with E-state index in [-0.39, 0.29) is 23.3 Å². The van der Waals surface area contributed by atoms with Crippen molar-refractivity contribution in [3.05, 3.63) is 60.7 Å². The van der Waals surface area contributed by atoms with E-state index >= 15 is 0 Å². The van der Waals surface area contributed by atoms with Gasteiger partial charge in [0.25, 0.3) is 12.3 Å². The smallest absolute Gasteiger partial charge is 0.284 e. The van der Waals surface area contributed by atoms with E-state index < -0.39 is 18.0 Å². The zero-order chi connectivity index (χ0) is 25.2. The van der Waals surface area contributed by atoms with Crippen molar-refractivity contribution in [3.8, 4) is 11.4 Å². The average molecular weight is 497 g/mol. The van der Waals surface area contributed by atoms with Gasteiger partial charge in [-0.25, -0.2) is 13.8 Å². The van der Waals surface area contributed by atoms with Gasteiger partial charge in [0.1, 0.15) is 11.4 Å². The molecule has 0 aromatic carbocycles. The topological polar surface area (TPSA) is 112 Å². The largest absolute Gasteiger partial charge is 0.339 e. The maximum absolute atomic E-state index is 13.7. The summed E-state index contributed by atoms with van der Waals surface area (Å²) in [5.41, 5.74) is 0.638. The number of nitrogens with one attached hydrogen (secondary N) is 2. The van der Waals surface area contributed by atoms with Gasteiger partial charge in [0, 0.05) is 44.6 Å². The standard InChI is InChI=1S/C24H26F2N8O2/c1-2-21(35)32-10-7-15(8-11-32)33-12-16(13-33)34-14-20(22(31-34)23(25)26)29-24(36)19-5-3-4-17(28-19)18-6-9-27-30-18/h2-6,9,14-16,23H,1,7-8,10-13H2,(H,27,30)(H,29,36). The number of halogens is 2. The van der Waals surface area contributed by atoms with E-state index in [1.807, 2.05) is 0 Å². The molecule has 3 aromatic heterocycles. The second-order valence-corrected chi connectivity index (χ2v) is 8.90. The Morgan fingerprint density at radius 2 is 1.92 bits per heavy atom. The van der Waals surface area contributed by atoms with Crippen LogP contribution in [0.15, 0.2) is 49.3 Å². The number of carbonyl (C=O) groups is 2. The monoisotopic (exact) mass is 496 g/mol. The van der Waals surface area contributed by atoms with Crippen LogP contribution in [-0.4, -0.2) is 78.8 Å². The molecule has 0 atom stereocenters. The number of nitrogens with zero attached hydrogens (tertiary/aromatic N) is 6. The molecule has 188 valence electrons. The fourth-order valence-corrected chi connectivity index (χ4v) is 4.68. The van der Waals surface area contributed by atoms with E-state index in [1.165, 1.54) is 23.0 Å². The Kier molecular flexibility index (Phi) is 6.59. The number of rotatable bonds is 7. The van der Waals surface area contributed by atoms with Crippen molar-refractivity contribution in [1.82, 2.24) is 34.8 Å². The maximum Gasteiger partial charge on any atom is 0.284 e. The molecular weight excluding hydrogens is 470 g/mol. The van der Waals surface area contributed by atoms with Crippen molar-refractivity contribution in [2.75, 3.05) is 31.5 Å². The molecule has 12 heteroatoms. The van der Waals surface area contributed by atoms with Crippen LogP contribution in [0.2, 0.25) is 0 Å². The summed E-state index contributed by atoms with van der Waals surface area (Å²) in [5.74, 6) is -0.659. The Hall–Kier alpha value is -3.93. The number of aromatic nitrogens is 5. The van der Waals surface area contributed by atoms with Gasteiger partial charge in [0.2, 0.25) is 5.91 Å². The number of anilines is 1. The summed E-state index contributed by atoms with van der Waals surface area (Å²) < 4.78 is 29.0. The zero-order valence-electron chi connectivity index (χ0n) is 19.5. The van der Waals surface area contributed by atoms with Crippen molar-refractivity contribution in [3.63, 3.8) is 0 Å². The van der Waals surface area contributed by atoms with Gasteiger partial charge >= 0.3 is 0 Å². The highest BCUT2D eigenvalue weighted by molar-refractivity contribution is 6.03. The molecule has 0 aliphatic carbocycles. The highest BCUT2D eigenvalue weighted by Gasteiger charge is 2.37. The zero-order valence-corrected chi connectivity index (χ0v) is 19.5. The van der Waals surface area contributed by atoms with Crippen LogP contribution in [-0.2, 0) is 4.79 Å². The highest BCUT2D eigenvalue weighted by atomic mass is 19.3. The molecule has 2 aliphatic heterocycles. The van der Waals surface area contributed by atoms with E-state index in [1.54, 1.807) is 29.3 Å². The molecule has 2 saturated heterocycles. The molecule has 0 radical (unpaired) electrons. The molecule has 2 aliphatic rings. The third kappa shape index (κ3) is 4.76. The first-order valence-electron chi connectivity index (χ1n) is 11.7. The summed E-state index contributed by atoms with van der Waals surface area (Å²) in [5, 5.41) is 13.4. The summed E-state index contributed by atoms with van der Waals surface area (Å²) in [4.78, 5) is 32.9. The molecule has 5 heterocycles. The summed E-state index contributed by atoms with van der Waals surface area (Å²) in [6, 6.07) is 6.86. The van der Waals surface area contributed by atoms with Crippen LogP contribution in [0, 0.1) is 0 Å². The van der Waals surface area contributed by atoms with E-state index in [4.69, 9.17) is 0 Å². The molecular formula is C24H26F2N8O2. The average Bonchev–Trinajstić information content (AvgIpc) is 3.54. The molecule has 2 amide bonds. The molecule has 36 heavy (non-hydrogen) atoms. The number of aromatic amines is 1. The van der Waals surface area contributed by atoms with Gasteiger partial charge in [-0.3, -0.25) is 24.3 Å². The quantitative estimate of drug-likeness (QED) is 0.487. The highest BCUT2D eigenvalue weighted by Crippen LogP contribution is 2.32. The number of amides is 2. The molecule has 0 saturated carbocycles. The fraction of sp³-hybridized carbons (Fsp3) is 0.375. The maximum atomic E-state index is 13.7. The minimum absolute atomic E-state index is 0.0309. The molecule has 3 aromatic rings. The van der Waals surface area contributed by atoms with Crippen molar-refractivity contribution in [2.45, 2.75) is 31.4 Å². The Labute approximate surface area is 206 Å². The van der Waals surface area contributed by atoms with Crippen LogP contribution in [0.1, 0.15) is 41.5 Å². The van der Waals surface area contributed by atoms with Crippen LogP contribution in [0.5, 0.6) is 0 Å². The lowest BCUT2D eigenvalue weighted by molar-refractivity contribution is -0.128. The second kappa shape index (κ2) is 9.97. The summed E-state index contributed by atoms with van der Waals surface area (Å²) >= 11 is 0. The Morgan fingerprint density at radius 3 is 2.58 bits per heavy atom. The third-order valence-electron chi connectivity index (χ3n) is 6.69. The first-order valence-corrected chi connectivity index (χ1v) is 11.7. The van der Waals surface area contributed by atoms with Gasteiger partial charge in [-0.1, -0.05) is 12.6 Å². The lowest BCUT2D eigenvalue weighted by Gasteiger charge is -2.47. The van der Waals surface area contributed by atoms with Crippen molar-refractivity contribution >= 4 is 17.5 Å². The number of piperidine rings is 1. The number of hydrogen-bond donors (Lipinski definition) is 2. The van der Waals surface area contributed by atoms with Gasteiger partial charge in [-0.05, 0) is 37.1 Å². The molecule has 0 unspecified atom stereocenters. The first kappa shape index (κ1) is 23.8. The Balaban J connectivity index is 1.23. The van der Waals surface area contributed by atoms with Crippen LogP contribution in [0.3, 0.4) is 0 Å². The number of hydrogen-bond acceptors (Lipinski definition) is 6. The lowest BCUT2D eigenvalue weighted by atomic mass is 9.97. The molecule has 5 rings (SSSR count). The summed E-state index contributed by atoms with van der Waals surface area (Å²) in [6.07, 6.45) is 3.32. The van der Waals surface area contributed by atoms with Crippen LogP contribution >= 0.6 is 0 Å². The predicted molar refractivity (Wildman–Crippen MR) is 127 cm³/mol. The molecule has 0 spiro atoms. The molecule has 2 fully saturated rings. The minimum Gasteiger partial charge on any atom is -0.339 e. The van der Waals surface area contributed by atoms with Crippen molar-refractivity contribution < 1.29 is 18.4 Å². The number of pyridine rings is 1. The van der Waals surface area contributed by atoms with E-state index in [2.05, 4.69) is 37.1 Å². The fourth-order valence-electron chi connectivity index (χ4n) is 4.68. The number of likely N-dealkylation sites (tertiary alicyclic amines) is 2. The van der Waals surface area contributed by atoms with Gasteiger partial charge < -0.3 is 10.2 Å². The van der Waals surface area contributed by atoms with Crippen LogP contribution < -0.4 is 5.32 Å². The van der Waals surface area contributed by atoms with Gasteiger partial charge in [-0.2, -0.15) is 10.2 Å². The minimum atomic E-state index is -2.84. The number of carbonyl (C=O) groups excluding carboxylic acids is 2. The Bertz CT molecular complexity index is 1240. The van der Waals surface area contributed by atoms with Gasteiger partial charge in [-0.15, -0.1) is 0 Å². The summed E-state index contributed by atoms with van der Waals surface area (Å²) in [6.45, 7) is 6.24. The lowest BCUT2D eigenvalue weighted by Crippen LogP contribution is -2.56. The molecule has 10 nitrogen and oxygen atoms in total. The summed E-state index contributed by atoms with van der Waals surface area (Å²) in [7, 11) is 0. The number of alkyl halides is 2. The van der Waals surface area contributed by atoms with Crippen molar-refractivity contribution in [1.29, 1.82) is 0 Å². The number of H-pyrrole nitrogens is 1. The SMILES string of the molecule is C=CC(=O)N1CCC(N2CC(n3cc(NC(=O)c4cccc(-c5cc[nH]n5)n4)c(C(F)F)n3)C2)CC1. The molecule has 0 bridgehead atoms. The van der Waals surface area contributed by atoms with Crippen molar-refractivity contribution in [2.24, 2.45) is 0 Å². The predicted octanol–water partition coefficient (Wildman–Crippen LogP) is 2.89. The van der Waals surface area contributed by atoms with Crippen LogP contribution in [0.4, 0.5) is 14.5 Å².